The maximum Gasteiger partial charge on any atom is 0.416 e. The van der Waals surface area contributed by atoms with Gasteiger partial charge < -0.3 is 16.2 Å². The predicted octanol–water partition coefficient (Wildman–Crippen LogP) is 3.42. The summed E-state index contributed by atoms with van der Waals surface area (Å²) in [6.45, 7) is 1.78. The van der Waals surface area contributed by atoms with Crippen LogP contribution in [-0.4, -0.2) is 17.3 Å². The zero-order valence-corrected chi connectivity index (χ0v) is 11.9. The van der Waals surface area contributed by atoms with Crippen LogP contribution in [-0.2, 0) is 11.3 Å². The Labute approximate surface area is 126 Å². The molecule has 0 aliphatic carbocycles. The average molecular weight is 314 g/mol. The molecule has 22 heavy (non-hydrogen) atoms. The van der Waals surface area contributed by atoms with Crippen molar-refractivity contribution in [3.63, 3.8) is 0 Å². The molecular weight excluding hydrogens is 297 g/mol. The number of aliphatic carboxylic acids is 1. The summed E-state index contributed by atoms with van der Waals surface area (Å²) in [5.74, 6) is -1.48. The molecule has 120 valence electrons. The monoisotopic (exact) mass is 314 g/mol. The number of carboxylic acids is 1. The van der Waals surface area contributed by atoms with Gasteiger partial charge in [0.05, 0.1) is 5.57 Å². The van der Waals surface area contributed by atoms with Gasteiger partial charge in [0.1, 0.15) is 5.70 Å². The molecule has 0 aromatic heterocycles. The van der Waals surface area contributed by atoms with Gasteiger partial charge >= 0.3 is 12.1 Å². The molecular formula is C15H17F3N2O2. The minimum absolute atomic E-state index is 0.140. The highest BCUT2D eigenvalue weighted by atomic mass is 19.4. The van der Waals surface area contributed by atoms with Crippen LogP contribution < -0.4 is 11.1 Å². The Bertz CT molecular complexity index is 593. The molecule has 7 heteroatoms. The van der Waals surface area contributed by atoms with Gasteiger partial charge in [0.25, 0.3) is 0 Å². The third kappa shape index (κ3) is 5.25. The molecule has 0 spiro atoms. The molecule has 4 nitrogen and oxygen atoms in total. The maximum atomic E-state index is 12.8. The molecule has 4 N–H and O–H groups in total. The molecule has 0 unspecified atom stereocenters. The van der Waals surface area contributed by atoms with Crippen molar-refractivity contribution in [2.24, 2.45) is 5.73 Å². The van der Waals surface area contributed by atoms with E-state index in [2.05, 4.69) is 5.32 Å². The second kappa shape index (κ2) is 7.65. The third-order valence-corrected chi connectivity index (χ3v) is 2.72. The SMILES string of the molecule is CC/C=C(/C=C(\Nc1cccc(CN)c1)C(=O)O)C(F)(F)F. The van der Waals surface area contributed by atoms with Crippen LogP contribution in [0.1, 0.15) is 18.9 Å². The first kappa shape index (κ1) is 17.8. The van der Waals surface area contributed by atoms with Crippen molar-refractivity contribution < 1.29 is 23.1 Å². The summed E-state index contributed by atoms with van der Waals surface area (Å²) in [7, 11) is 0. The number of alkyl halides is 3. The van der Waals surface area contributed by atoms with Crippen LogP contribution in [0.15, 0.2) is 47.7 Å². The smallest absolute Gasteiger partial charge is 0.416 e. The lowest BCUT2D eigenvalue weighted by molar-refractivity contribution is -0.132. The summed E-state index contributed by atoms with van der Waals surface area (Å²) in [5, 5.41) is 11.6. The number of hydrogen-bond donors (Lipinski definition) is 3. The Balaban J connectivity index is 3.14. The molecule has 0 fully saturated rings. The lowest BCUT2D eigenvalue weighted by Gasteiger charge is -2.12. The van der Waals surface area contributed by atoms with Gasteiger partial charge in [-0.2, -0.15) is 13.2 Å². The molecule has 0 aliphatic rings. The summed E-state index contributed by atoms with van der Waals surface area (Å²) in [4.78, 5) is 11.2. The molecule has 0 radical (unpaired) electrons. The van der Waals surface area contributed by atoms with Crippen LogP contribution in [0.2, 0.25) is 0 Å². The van der Waals surface area contributed by atoms with Crippen molar-refractivity contribution in [1.82, 2.24) is 0 Å². The molecule has 0 saturated carbocycles. The molecule has 0 bridgehead atoms. The molecule has 0 heterocycles. The highest BCUT2D eigenvalue weighted by molar-refractivity contribution is 5.91. The first-order valence-electron chi connectivity index (χ1n) is 6.56. The Morgan fingerprint density at radius 3 is 2.59 bits per heavy atom. The molecule has 1 aromatic rings. The van der Waals surface area contributed by atoms with Crippen LogP contribution in [0, 0.1) is 0 Å². The largest absolute Gasteiger partial charge is 0.477 e. The van der Waals surface area contributed by atoms with Gasteiger partial charge in [-0.15, -0.1) is 0 Å². The highest BCUT2D eigenvalue weighted by Gasteiger charge is 2.32. The Morgan fingerprint density at radius 2 is 2.09 bits per heavy atom. The van der Waals surface area contributed by atoms with E-state index < -0.39 is 23.4 Å². The van der Waals surface area contributed by atoms with Crippen LogP contribution in [0.5, 0.6) is 0 Å². The van der Waals surface area contributed by atoms with E-state index in [4.69, 9.17) is 10.8 Å². The first-order chi connectivity index (χ1) is 10.3. The van der Waals surface area contributed by atoms with E-state index in [1.54, 1.807) is 24.3 Å². The zero-order chi connectivity index (χ0) is 16.8. The van der Waals surface area contributed by atoms with Crippen molar-refractivity contribution in [3.8, 4) is 0 Å². The summed E-state index contributed by atoms with van der Waals surface area (Å²) < 4.78 is 38.5. The lowest BCUT2D eigenvalue weighted by Crippen LogP contribution is -2.16. The van der Waals surface area contributed by atoms with Crippen LogP contribution in [0.3, 0.4) is 0 Å². The highest BCUT2D eigenvalue weighted by Crippen LogP contribution is 2.28. The zero-order valence-electron chi connectivity index (χ0n) is 11.9. The molecule has 1 aromatic carbocycles. The molecule has 0 aliphatic heterocycles. The van der Waals surface area contributed by atoms with Crippen LogP contribution >= 0.6 is 0 Å². The van der Waals surface area contributed by atoms with Gasteiger partial charge in [-0.05, 0) is 30.2 Å². The molecule has 0 atom stereocenters. The number of nitrogens with two attached hydrogens (primary N) is 1. The summed E-state index contributed by atoms with van der Waals surface area (Å²) in [5.41, 5.74) is 4.99. The lowest BCUT2D eigenvalue weighted by atomic mass is 10.1. The van der Waals surface area contributed by atoms with Gasteiger partial charge in [-0.1, -0.05) is 25.1 Å². The number of anilines is 1. The van der Waals surface area contributed by atoms with Crippen molar-refractivity contribution in [3.05, 3.63) is 53.3 Å². The number of hydrogen-bond acceptors (Lipinski definition) is 3. The van der Waals surface area contributed by atoms with Gasteiger partial charge in [0, 0.05) is 12.2 Å². The average Bonchev–Trinajstić information content (AvgIpc) is 2.44. The summed E-state index contributed by atoms with van der Waals surface area (Å²) in [6, 6.07) is 6.49. The van der Waals surface area contributed by atoms with Crippen LogP contribution in [0.4, 0.5) is 18.9 Å². The number of allylic oxidation sites excluding steroid dienone is 3. The standard InChI is InChI=1S/C15H17F3N2O2/c1-2-4-11(15(16,17)18)8-13(14(21)22)20-12-6-3-5-10(7-12)9-19/h3-8,20H,2,9,19H2,1H3,(H,21,22)/b11-4-,13-8-. The first-order valence-corrected chi connectivity index (χ1v) is 6.56. The van der Waals surface area contributed by atoms with Gasteiger partial charge in [0.2, 0.25) is 0 Å². The minimum atomic E-state index is -4.61. The van der Waals surface area contributed by atoms with Crippen molar-refractivity contribution in [1.29, 1.82) is 0 Å². The Morgan fingerprint density at radius 1 is 1.41 bits per heavy atom. The summed E-state index contributed by atoms with van der Waals surface area (Å²) in [6.07, 6.45) is -2.96. The number of carbonyl (C=O) groups is 1. The van der Waals surface area contributed by atoms with E-state index in [-0.39, 0.29) is 13.0 Å². The van der Waals surface area contributed by atoms with Gasteiger partial charge in [-0.25, -0.2) is 4.79 Å². The van der Waals surface area contributed by atoms with Crippen LogP contribution in [0.25, 0.3) is 0 Å². The molecule has 1 rings (SSSR count). The fourth-order valence-electron chi connectivity index (χ4n) is 1.71. The number of carboxylic acid groups (broad SMARTS) is 1. The quantitative estimate of drug-likeness (QED) is 0.555. The number of rotatable bonds is 6. The van der Waals surface area contributed by atoms with E-state index in [0.717, 1.165) is 11.6 Å². The van der Waals surface area contributed by atoms with Crippen molar-refractivity contribution in [2.45, 2.75) is 26.1 Å². The van der Waals surface area contributed by atoms with Crippen molar-refractivity contribution >= 4 is 11.7 Å². The van der Waals surface area contributed by atoms with Gasteiger partial charge in [-0.3, -0.25) is 0 Å². The second-order valence-electron chi connectivity index (χ2n) is 4.46. The van der Waals surface area contributed by atoms with Gasteiger partial charge in [0.15, 0.2) is 0 Å². The van der Waals surface area contributed by atoms with E-state index >= 15 is 0 Å². The molecule has 0 saturated heterocycles. The van der Waals surface area contributed by atoms with Crippen molar-refractivity contribution in [2.75, 3.05) is 5.32 Å². The molecule has 0 amide bonds. The topological polar surface area (TPSA) is 75.3 Å². The number of benzene rings is 1. The van der Waals surface area contributed by atoms with E-state index in [1.165, 1.54) is 6.92 Å². The predicted molar refractivity (Wildman–Crippen MR) is 78.1 cm³/mol. The third-order valence-electron chi connectivity index (χ3n) is 2.72. The second-order valence-corrected chi connectivity index (χ2v) is 4.46. The number of nitrogens with one attached hydrogen (secondary N) is 1. The summed E-state index contributed by atoms with van der Waals surface area (Å²) >= 11 is 0. The number of halogens is 3. The Hall–Kier alpha value is -2.28. The Kier molecular flexibility index (Phi) is 6.18. The minimum Gasteiger partial charge on any atom is -0.477 e. The van der Waals surface area contributed by atoms with E-state index in [0.29, 0.717) is 11.8 Å². The van der Waals surface area contributed by atoms with E-state index in [9.17, 15) is 18.0 Å². The van der Waals surface area contributed by atoms with E-state index in [1.807, 2.05) is 0 Å². The fourth-order valence-corrected chi connectivity index (χ4v) is 1.71. The fraction of sp³-hybridized carbons (Fsp3) is 0.267. The normalized spacial score (nSPS) is 13.1. The maximum absolute atomic E-state index is 12.8.